The quantitative estimate of drug-likeness (QED) is 0.621. The molecule has 168 valence electrons. The van der Waals surface area contributed by atoms with Crippen LogP contribution >= 0.6 is 11.6 Å². The van der Waals surface area contributed by atoms with Crippen LogP contribution in [0.15, 0.2) is 12.1 Å². The number of hydrogen-bond acceptors (Lipinski definition) is 4. The van der Waals surface area contributed by atoms with Gasteiger partial charge < -0.3 is 20.5 Å². The predicted octanol–water partition coefficient (Wildman–Crippen LogP) is 2.87. The number of nitrogens with one attached hydrogen (secondary N) is 3. The summed E-state index contributed by atoms with van der Waals surface area (Å²) in [5.41, 5.74) is 0.105. The molecule has 2 heterocycles. The second-order valence-electron chi connectivity index (χ2n) is 8.55. The van der Waals surface area contributed by atoms with Crippen molar-refractivity contribution in [2.24, 2.45) is 5.41 Å². The van der Waals surface area contributed by atoms with Crippen LogP contribution in [0.25, 0.3) is 11.4 Å². The van der Waals surface area contributed by atoms with E-state index >= 15 is 0 Å². The molecule has 1 aliphatic heterocycles. The Balaban J connectivity index is 2.09. The molecule has 1 aromatic carbocycles. The molecule has 7 nitrogen and oxygen atoms in total. The Morgan fingerprint density at radius 2 is 1.97 bits per heavy atom. The monoisotopic (exact) mass is 453 g/mol. The number of rotatable bonds is 4. The second kappa shape index (κ2) is 8.92. The zero-order chi connectivity index (χ0) is 22.9. The summed E-state index contributed by atoms with van der Waals surface area (Å²) in [4.78, 5) is 29.9. The van der Waals surface area contributed by atoms with Crippen molar-refractivity contribution in [1.82, 2.24) is 25.5 Å². The smallest absolute Gasteiger partial charge is 0.272 e. The van der Waals surface area contributed by atoms with Crippen molar-refractivity contribution >= 4 is 23.4 Å². The van der Waals surface area contributed by atoms with E-state index in [1.165, 1.54) is 13.1 Å². The van der Waals surface area contributed by atoms with E-state index in [-0.39, 0.29) is 28.0 Å². The molecule has 3 rings (SSSR count). The molecule has 0 radical (unpaired) electrons. The highest BCUT2D eigenvalue weighted by molar-refractivity contribution is 6.31. The van der Waals surface area contributed by atoms with Crippen LogP contribution in [-0.2, 0) is 17.9 Å². The molecular weight excluding hydrogens is 428 g/mol. The highest BCUT2D eigenvalue weighted by Crippen LogP contribution is 2.30. The maximum atomic E-state index is 14.6. The third kappa shape index (κ3) is 4.72. The molecule has 0 saturated carbocycles. The van der Waals surface area contributed by atoms with Crippen LogP contribution in [0.4, 0.5) is 8.78 Å². The van der Waals surface area contributed by atoms with E-state index in [0.29, 0.717) is 31.4 Å². The van der Waals surface area contributed by atoms with E-state index in [1.807, 2.05) is 20.8 Å². The van der Waals surface area contributed by atoms with Gasteiger partial charge in [-0.1, -0.05) is 32.4 Å². The van der Waals surface area contributed by atoms with Gasteiger partial charge in [-0.25, -0.2) is 13.8 Å². The van der Waals surface area contributed by atoms with Crippen molar-refractivity contribution in [3.8, 4) is 11.4 Å². The molecule has 0 saturated heterocycles. The molecule has 31 heavy (non-hydrogen) atoms. The number of hydrogen-bond donors (Lipinski definition) is 3. The first-order valence-electron chi connectivity index (χ1n) is 10.0. The van der Waals surface area contributed by atoms with E-state index in [1.54, 1.807) is 4.57 Å². The summed E-state index contributed by atoms with van der Waals surface area (Å²) in [5.74, 6) is -2.38. The fourth-order valence-corrected chi connectivity index (χ4v) is 3.74. The number of benzene rings is 1. The number of fused-ring (bicyclic) bond motifs is 1. The Kier molecular flexibility index (Phi) is 6.66. The van der Waals surface area contributed by atoms with Gasteiger partial charge in [0.1, 0.15) is 23.5 Å². The van der Waals surface area contributed by atoms with Crippen molar-refractivity contribution in [3.05, 3.63) is 40.2 Å². The number of aromatic nitrogens is 2. The summed E-state index contributed by atoms with van der Waals surface area (Å²) in [7, 11) is 1.50. The average molecular weight is 454 g/mol. The number of nitrogens with zero attached hydrogens (tertiary/aromatic N) is 2. The van der Waals surface area contributed by atoms with E-state index < -0.39 is 29.0 Å². The first kappa shape index (κ1) is 23.1. The fourth-order valence-electron chi connectivity index (χ4n) is 3.58. The molecule has 1 aromatic heterocycles. The van der Waals surface area contributed by atoms with Gasteiger partial charge in [0.15, 0.2) is 5.69 Å². The van der Waals surface area contributed by atoms with Crippen LogP contribution in [0.3, 0.4) is 0 Å². The number of halogens is 3. The number of carbonyl (C=O) groups is 2. The number of likely N-dealkylation sites (N-methyl/N-ethyl adjacent to an activating group) is 1. The summed E-state index contributed by atoms with van der Waals surface area (Å²) in [5, 5.41) is 8.30. The lowest BCUT2D eigenvalue weighted by atomic mass is 9.86. The average Bonchev–Trinajstić information content (AvgIpc) is 2.88. The summed E-state index contributed by atoms with van der Waals surface area (Å²) >= 11 is 5.88. The van der Waals surface area contributed by atoms with Gasteiger partial charge >= 0.3 is 0 Å². The highest BCUT2D eigenvalue weighted by Gasteiger charge is 2.34. The Bertz CT molecular complexity index is 1020. The first-order valence-corrected chi connectivity index (χ1v) is 10.4. The van der Waals surface area contributed by atoms with Gasteiger partial charge in [-0.15, -0.1) is 0 Å². The topological polar surface area (TPSA) is 88.1 Å². The SMILES string of the molecule is CNC(=O)C(NC(=O)c1nc(-c2cc(Cl)c(F)cc2F)n2c1CNCCC2)C(C)(C)C. The molecular formula is C21H26ClF2N5O2. The maximum absolute atomic E-state index is 14.6. The van der Waals surface area contributed by atoms with E-state index in [2.05, 4.69) is 20.9 Å². The van der Waals surface area contributed by atoms with E-state index in [9.17, 15) is 18.4 Å². The molecule has 0 aliphatic carbocycles. The summed E-state index contributed by atoms with van der Waals surface area (Å²) in [6, 6.07) is 1.07. The first-order chi connectivity index (χ1) is 14.5. The molecule has 1 unspecified atom stereocenters. The molecule has 0 fully saturated rings. The number of imidazole rings is 1. The third-order valence-corrected chi connectivity index (χ3v) is 5.51. The van der Waals surface area contributed by atoms with Crippen LogP contribution < -0.4 is 16.0 Å². The van der Waals surface area contributed by atoms with Crippen LogP contribution in [0.2, 0.25) is 5.02 Å². The minimum absolute atomic E-state index is 0.00673. The Hall–Kier alpha value is -2.52. The minimum atomic E-state index is -0.871. The highest BCUT2D eigenvalue weighted by atomic mass is 35.5. The van der Waals surface area contributed by atoms with Crippen molar-refractivity contribution in [3.63, 3.8) is 0 Å². The molecule has 10 heteroatoms. The Morgan fingerprint density at radius 1 is 1.26 bits per heavy atom. The van der Waals surface area contributed by atoms with Gasteiger partial charge in [-0.2, -0.15) is 0 Å². The number of amides is 2. The van der Waals surface area contributed by atoms with Gasteiger partial charge in [0.25, 0.3) is 5.91 Å². The predicted molar refractivity (Wildman–Crippen MR) is 114 cm³/mol. The maximum Gasteiger partial charge on any atom is 0.272 e. The van der Waals surface area contributed by atoms with Crippen LogP contribution in [0.1, 0.15) is 43.4 Å². The summed E-state index contributed by atoms with van der Waals surface area (Å²) in [6.07, 6.45) is 0.733. The van der Waals surface area contributed by atoms with Crippen molar-refractivity contribution in [2.75, 3.05) is 13.6 Å². The molecule has 2 amide bonds. The largest absolute Gasteiger partial charge is 0.357 e. The third-order valence-electron chi connectivity index (χ3n) is 5.22. The molecule has 0 bridgehead atoms. The lowest BCUT2D eigenvalue weighted by Crippen LogP contribution is -2.53. The van der Waals surface area contributed by atoms with Gasteiger partial charge in [0, 0.05) is 26.2 Å². The standard InChI is InChI=1S/C21H26ClF2N5O2/c1-21(2,3)17(20(31)25-4)28-19(30)16-15-10-26-6-5-7-29(15)18(27-16)11-8-12(22)14(24)9-13(11)23/h8-9,17,26H,5-7,10H2,1-4H3,(H,25,31)(H,28,30). The molecule has 1 atom stereocenters. The Morgan fingerprint density at radius 3 is 2.61 bits per heavy atom. The van der Waals surface area contributed by atoms with E-state index in [0.717, 1.165) is 6.42 Å². The summed E-state index contributed by atoms with van der Waals surface area (Å²) < 4.78 is 30.0. The zero-order valence-electron chi connectivity index (χ0n) is 17.9. The molecule has 3 N–H and O–H groups in total. The summed E-state index contributed by atoms with van der Waals surface area (Å²) in [6.45, 7) is 7.05. The molecule has 2 aromatic rings. The second-order valence-corrected chi connectivity index (χ2v) is 8.95. The lowest BCUT2D eigenvalue weighted by molar-refractivity contribution is -0.124. The molecule has 1 aliphatic rings. The van der Waals surface area contributed by atoms with Crippen LogP contribution in [0.5, 0.6) is 0 Å². The van der Waals surface area contributed by atoms with Crippen molar-refractivity contribution in [1.29, 1.82) is 0 Å². The van der Waals surface area contributed by atoms with Gasteiger partial charge in [0.05, 0.1) is 16.3 Å². The lowest BCUT2D eigenvalue weighted by Gasteiger charge is -2.29. The van der Waals surface area contributed by atoms with Crippen molar-refractivity contribution < 1.29 is 18.4 Å². The van der Waals surface area contributed by atoms with Gasteiger partial charge in [-0.3, -0.25) is 9.59 Å². The molecule has 0 spiro atoms. The minimum Gasteiger partial charge on any atom is -0.357 e. The van der Waals surface area contributed by atoms with Gasteiger partial charge in [-0.05, 0) is 24.4 Å². The normalized spacial score (nSPS) is 15.1. The Labute approximate surface area is 184 Å². The van der Waals surface area contributed by atoms with E-state index in [4.69, 9.17) is 11.6 Å². The van der Waals surface area contributed by atoms with Crippen molar-refractivity contribution in [2.45, 2.75) is 46.3 Å². The zero-order valence-corrected chi connectivity index (χ0v) is 18.7. The van der Waals surface area contributed by atoms with Gasteiger partial charge in [0.2, 0.25) is 5.91 Å². The number of carbonyl (C=O) groups excluding carboxylic acids is 2. The van der Waals surface area contributed by atoms with Crippen LogP contribution in [-0.4, -0.2) is 41.0 Å². The van der Waals surface area contributed by atoms with Crippen LogP contribution in [0, 0.1) is 17.0 Å². The fraction of sp³-hybridized carbons (Fsp3) is 0.476.